The van der Waals surface area contributed by atoms with Crippen LogP contribution in [0.15, 0.2) is 273 Å². The van der Waals surface area contributed by atoms with Crippen molar-refractivity contribution in [2.75, 3.05) is 4.90 Å². The molecule has 1 nitrogen and oxygen atoms in total. The Kier molecular flexibility index (Phi) is 9.85. The lowest BCUT2D eigenvalue weighted by molar-refractivity contribution is 0.660. The zero-order valence-corrected chi connectivity index (χ0v) is 40.9. The fraction of sp³-hybridized carbons (Fsp3) is 0.0556. The van der Waals surface area contributed by atoms with Gasteiger partial charge in [0.05, 0.1) is 11.1 Å². The van der Waals surface area contributed by atoms with Crippen molar-refractivity contribution in [1.29, 1.82) is 0 Å². The number of rotatable bonds is 8. The molecule has 14 rings (SSSR count). The van der Waals surface area contributed by atoms with Gasteiger partial charge in [0.2, 0.25) is 0 Å². The van der Waals surface area contributed by atoms with E-state index in [4.69, 9.17) is 0 Å². The van der Waals surface area contributed by atoms with E-state index in [0.29, 0.717) is 0 Å². The van der Waals surface area contributed by atoms with Gasteiger partial charge in [-0.3, -0.25) is 0 Å². The monoisotopic (exact) mass is 929 g/mol. The second-order valence-corrected chi connectivity index (χ2v) is 20.4. The molecule has 0 radical (unpaired) electrons. The summed E-state index contributed by atoms with van der Waals surface area (Å²) in [4.78, 5) is 2.52. The Labute approximate surface area is 428 Å². The lowest BCUT2D eigenvalue weighted by Gasteiger charge is -2.35. The average molecular weight is 930 g/mol. The van der Waals surface area contributed by atoms with E-state index in [1.807, 2.05) is 0 Å². The first kappa shape index (κ1) is 42.8. The average Bonchev–Trinajstić information content (AvgIpc) is 3.87. The molecule has 73 heavy (non-hydrogen) atoms. The molecular weight excluding hydrogens is 879 g/mol. The van der Waals surface area contributed by atoms with Gasteiger partial charge in [-0.25, -0.2) is 0 Å². The predicted octanol–water partition coefficient (Wildman–Crippen LogP) is 19.1. The van der Waals surface area contributed by atoms with Gasteiger partial charge in [-0.1, -0.05) is 238 Å². The minimum Gasteiger partial charge on any atom is -0.310 e. The molecule has 0 saturated carbocycles. The number of para-hydroxylation sites is 1. The normalized spacial score (nSPS) is 13.6. The van der Waals surface area contributed by atoms with E-state index in [9.17, 15) is 0 Å². The maximum atomic E-state index is 2.52. The smallest absolute Gasteiger partial charge is 0.0714 e. The Hall–Kier alpha value is -9.04. The molecule has 0 fully saturated rings. The van der Waals surface area contributed by atoms with Crippen LogP contribution in [-0.4, -0.2) is 0 Å². The molecule has 0 saturated heterocycles. The summed E-state index contributed by atoms with van der Waals surface area (Å²) in [5.41, 5.74) is 22.6. The van der Waals surface area contributed by atoms with E-state index in [1.54, 1.807) is 0 Å². The van der Waals surface area contributed by atoms with E-state index in [1.165, 1.54) is 111 Å². The maximum Gasteiger partial charge on any atom is 0.0714 e. The zero-order valence-electron chi connectivity index (χ0n) is 40.9. The van der Waals surface area contributed by atoms with Crippen LogP contribution in [0.25, 0.3) is 77.2 Å². The van der Waals surface area contributed by atoms with E-state index in [-0.39, 0.29) is 5.41 Å². The topological polar surface area (TPSA) is 3.24 Å². The Balaban J connectivity index is 0.974. The Bertz CT molecular complexity index is 4060. The van der Waals surface area contributed by atoms with E-state index < -0.39 is 5.41 Å². The van der Waals surface area contributed by atoms with E-state index in [2.05, 4.69) is 292 Å². The molecule has 0 N–H and O–H groups in total. The minimum atomic E-state index is -0.603. The number of benzene rings is 12. The van der Waals surface area contributed by atoms with Gasteiger partial charge in [-0.05, 0) is 154 Å². The van der Waals surface area contributed by atoms with Crippen LogP contribution in [-0.2, 0) is 10.8 Å². The van der Waals surface area contributed by atoms with Crippen molar-refractivity contribution < 1.29 is 0 Å². The second-order valence-electron chi connectivity index (χ2n) is 20.4. The summed E-state index contributed by atoms with van der Waals surface area (Å²) < 4.78 is 0. The molecule has 0 aromatic heterocycles. The third-order valence-electron chi connectivity index (χ3n) is 16.1. The third kappa shape index (κ3) is 6.62. The van der Waals surface area contributed by atoms with Crippen LogP contribution in [0.2, 0.25) is 0 Å². The summed E-state index contributed by atoms with van der Waals surface area (Å²) in [5, 5.41) is 5.12. The van der Waals surface area contributed by atoms with Crippen molar-refractivity contribution >= 4 is 38.6 Å². The number of hydrogen-bond donors (Lipinski definition) is 0. The minimum absolute atomic E-state index is 0.278. The highest BCUT2D eigenvalue weighted by Gasteiger charge is 2.47. The van der Waals surface area contributed by atoms with Crippen molar-refractivity contribution in [3.63, 3.8) is 0 Å². The molecule has 0 heterocycles. The van der Waals surface area contributed by atoms with Crippen LogP contribution in [0, 0.1) is 0 Å². The Morgan fingerprint density at radius 3 is 1.38 bits per heavy atom. The van der Waals surface area contributed by atoms with Crippen LogP contribution in [0.1, 0.15) is 47.2 Å². The van der Waals surface area contributed by atoms with E-state index >= 15 is 0 Å². The first-order valence-corrected chi connectivity index (χ1v) is 25.6. The molecule has 0 spiro atoms. The number of nitrogens with zero attached hydrogens (tertiary/aromatic N) is 1. The summed E-state index contributed by atoms with van der Waals surface area (Å²) in [5.74, 6) is 0. The molecule has 0 atom stereocenters. The van der Waals surface area contributed by atoms with Gasteiger partial charge in [0.25, 0.3) is 0 Å². The van der Waals surface area contributed by atoms with E-state index in [0.717, 1.165) is 17.1 Å². The van der Waals surface area contributed by atoms with Crippen molar-refractivity contribution in [2.24, 2.45) is 0 Å². The lowest BCUT2D eigenvalue weighted by atomic mass is 9.67. The first-order chi connectivity index (χ1) is 36.0. The molecular formula is C72H51N. The van der Waals surface area contributed by atoms with Crippen LogP contribution in [0.5, 0.6) is 0 Å². The van der Waals surface area contributed by atoms with Crippen molar-refractivity contribution in [1.82, 2.24) is 0 Å². The predicted molar refractivity (Wildman–Crippen MR) is 307 cm³/mol. The molecule has 12 aromatic carbocycles. The molecule has 2 aliphatic carbocycles. The van der Waals surface area contributed by atoms with Gasteiger partial charge in [-0.15, -0.1) is 0 Å². The molecule has 2 aliphatic rings. The molecule has 12 aromatic rings. The Morgan fingerprint density at radius 1 is 0.274 bits per heavy atom. The molecule has 0 bridgehead atoms. The lowest BCUT2D eigenvalue weighted by Crippen LogP contribution is -2.29. The highest BCUT2D eigenvalue weighted by atomic mass is 15.1. The zero-order chi connectivity index (χ0) is 48.7. The SMILES string of the molecule is CC1(C)c2cc(-c3cc4ccccc4c4ccccc34)ccc2-c2ccc(N(c3ccc4c(c3)C(c3ccccc3)(c3ccccc3)c3cc(-c5ccccc5)ccc3-4)c3ccccc3-c3ccccc3)cc21. The molecule has 0 aliphatic heterocycles. The summed E-state index contributed by atoms with van der Waals surface area (Å²) in [6.07, 6.45) is 0. The van der Waals surface area contributed by atoms with Crippen molar-refractivity contribution in [3.8, 4) is 55.6 Å². The van der Waals surface area contributed by atoms with Gasteiger partial charge in [-0.2, -0.15) is 0 Å². The number of anilines is 3. The Morgan fingerprint density at radius 2 is 0.726 bits per heavy atom. The molecule has 1 heteroatoms. The summed E-state index contributed by atoms with van der Waals surface area (Å²) in [6.45, 7) is 4.83. The quantitative estimate of drug-likeness (QED) is 0.137. The summed E-state index contributed by atoms with van der Waals surface area (Å²) in [6, 6.07) is 102. The molecule has 344 valence electrons. The van der Waals surface area contributed by atoms with Gasteiger partial charge in [0, 0.05) is 22.4 Å². The van der Waals surface area contributed by atoms with Crippen LogP contribution in [0.3, 0.4) is 0 Å². The van der Waals surface area contributed by atoms with Gasteiger partial charge < -0.3 is 4.90 Å². The van der Waals surface area contributed by atoms with Crippen LogP contribution < -0.4 is 4.90 Å². The van der Waals surface area contributed by atoms with Crippen LogP contribution in [0.4, 0.5) is 17.1 Å². The number of hydrogen-bond acceptors (Lipinski definition) is 1. The molecule has 0 unspecified atom stereocenters. The standard InChI is InChI=1S/C72H51N/c1-71(2)66-45-52(65-43-51-25-15-16-30-57(51)59-32-17-18-33-60(59)65)36-40-61(66)62-41-37-55(46-67(62)71)73(70-34-20-19-31-58(70)49-23-9-4-10-24-49)56-38-42-64-63-39-35-50(48-21-7-3-8-22-48)44-68(63)72(69(64)47-56,53-26-11-5-12-27-53)54-28-13-6-14-29-54/h3-47H,1-2H3. The van der Waals surface area contributed by atoms with Crippen molar-refractivity contribution in [2.45, 2.75) is 24.7 Å². The highest BCUT2D eigenvalue weighted by Crippen LogP contribution is 2.59. The van der Waals surface area contributed by atoms with Crippen LogP contribution >= 0.6 is 0 Å². The highest BCUT2D eigenvalue weighted by molar-refractivity contribution is 6.14. The fourth-order valence-corrected chi connectivity index (χ4v) is 12.7. The first-order valence-electron chi connectivity index (χ1n) is 25.6. The number of fused-ring (bicyclic) bond motifs is 9. The van der Waals surface area contributed by atoms with Crippen molar-refractivity contribution in [3.05, 3.63) is 306 Å². The summed E-state index contributed by atoms with van der Waals surface area (Å²) in [7, 11) is 0. The van der Waals surface area contributed by atoms with Gasteiger partial charge >= 0.3 is 0 Å². The summed E-state index contributed by atoms with van der Waals surface area (Å²) >= 11 is 0. The fourth-order valence-electron chi connectivity index (χ4n) is 12.7. The molecule has 0 amide bonds. The van der Waals surface area contributed by atoms with Gasteiger partial charge in [0.1, 0.15) is 0 Å². The maximum absolute atomic E-state index is 2.52. The third-order valence-corrected chi connectivity index (χ3v) is 16.1. The van der Waals surface area contributed by atoms with Gasteiger partial charge in [0.15, 0.2) is 0 Å². The second kappa shape index (κ2) is 16.8. The largest absolute Gasteiger partial charge is 0.310 e.